The second kappa shape index (κ2) is 73.9. The fourth-order valence-corrected chi connectivity index (χ4v) is 14.2. The van der Waals surface area contributed by atoms with Crippen LogP contribution >= 0.6 is 15.6 Å². The smallest absolute Gasteiger partial charge is 0.462 e. The van der Waals surface area contributed by atoms with Gasteiger partial charge in [0.05, 0.1) is 26.4 Å². The summed E-state index contributed by atoms with van der Waals surface area (Å²) in [6.45, 7) is 7.22. The molecule has 0 aliphatic carbocycles. The highest BCUT2D eigenvalue weighted by molar-refractivity contribution is 7.47. The lowest BCUT2D eigenvalue weighted by molar-refractivity contribution is -0.161. The molecule has 0 rings (SSSR count). The van der Waals surface area contributed by atoms with Crippen LogP contribution in [0.4, 0.5) is 0 Å². The van der Waals surface area contributed by atoms with Gasteiger partial charge in [-0.05, 0) is 31.6 Å². The van der Waals surface area contributed by atoms with Gasteiger partial charge >= 0.3 is 39.5 Å². The number of phosphoric acid groups is 2. The Morgan fingerprint density at radius 3 is 0.680 bits per heavy atom. The topological polar surface area (TPSA) is 237 Å². The van der Waals surface area contributed by atoms with Crippen LogP contribution in [0.25, 0.3) is 0 Å². The van der Waals surface area contributed by atoms with E-state index < -0.39 is 97.5 Å². The number of aliphatic hydroxyl groups is 1. The maximum atomic E-state index is 13.1. The number of rotatable bonds is 81. The molecule has 3 N–H and O–H groups in total. The minimum atomic E-state index is -4.96. The standard InChI is InChI=1S/C81H158O17P2/c1-6-9-12-15-18-21-23-25-27-29-31-33-35-37-39-41-43-45-50-55-60-65-79(84)92-71-76(97-80(85)66-61-56-51-46-44-42-40-38-36-34-32-30-28-26-24-22-19-16-13-10-7-2)72-95-99(87,88)93-68-75(82)69-94-100(89,90)96-73-77(70-91-78(83)64-59-54-49-20-17-14-11-8-3)98-81(86)67-62-57-52-47-48-53-58-63-74(4)5/h74-77,82H,6-73H2,1-5H3,(H,87,88)(H,89,90)/t75-,76-,77-/m1/s1. The van der Waals surface area contributed by atoms with Crippen LogP contribution < -0.4 is 0 Å². The third kappa shape index (κ3) is 74.3. The van der Waals surface area contributed by atoms with E-state index in [9.17, 15) is 43.2 Å². The molecular weight excluding hydrogens is 1310 g/mol. The van der Waals surface area contributed by atoms with Crippen LogP contribution in [0.5, 0.6) is 0 Å². The lowest BCUT2D eigenvalue weighted by Crippen LogP contribution is -2.30. The molecule has 0 fully saturated rings. The summed E-state index contributed by atoms with van der Waals surface area (Å²) in [4.78, 5) is 72.8. The predicted octanol–water partition coefficient (Wildman–Crippen LogP) is 24.4. The number of unbranched alkanes of at least 4 members (excludes halogenated alkanes) is 53. The predicted molar refractivity (Wildman–Crippen MR) is 409 cm³/mol. The molecule has 17 nitrogen and oxygen atoms in total. The van der Waals surface area contributed by atoms with Crippen molar-refractivity contribution in [2.45, 2.75) is 451 Å². The number of aliphatic hydroxyl groups excluding tert-OH is 1. The molecule has 0 aromatic rings. The van der Waals surface area contributed by atoms with E-state index >= 15 is 0 Å². The monoisotopic (exact) mass is 1470 g/mol. The first kappa shape index (κ1) is 98.1. The van der Waals surface area contributed by atoms with Crippen LogP contribution in [0.15, 0.2) is 0 Å². The highest BCUT2D eigenvalue weighted by atomic mass is 31.2. The van der Waals surface area contributed by atoms with Crippen LogP contribution in [0.1, 0.15) is 433 Å². The highest BCUT2D eigenvalue weighted by Crippen LogP contribution is 2.45. The van der Waals surface area contributed by atoms with Crippen LogP contribution in [0.2, 0.25) is 0 Å². The molecule has 0 aromatic heterocycles. The van der Waals surface area contributed by atoms with Gasteiger partial charge in [0.2, 0.25) is 0 Å². The number of phosphoric ester groups is 2. The summed E-state index contributed by atoms with van der Waals surface area (Å²) >= 11 is 0. The second-order valence-corrected chi connectivity index (χ2v) is 32.5. The number of ether oxygens (including phenoxy) is 4. The molecule has 0 heterocycles. The zero-order chi connectivity index (χ0) is 73.4. The van der Waals surface area contributed by atoms with E-state index in [1.807, 2.05) is 0 Å². The number of hydrogen-bond donors (Lipinski definition) is 3. The minimum Gasteiger partial charge on any atom is -0.462 e. The van der Waals surface area contributed by atoms with Crippen molar-refractivity contribution in [1.82, 2.24) is 0 Å². The highest BCUT2D eigenvalue weighted by Gasteiger charge is 2.30. The number of carbonyl (C=O) groups is 4. The molecule has 0 saturated heterocycles. The van der Waals surface area contributed by atoms with E-state index in [2.05, 4.69) is 34.6 Å². The van der Waals surface area contributed by atoms with Gasteiger partial charge in [-0.2, -0.15) is 0 Å². The van der Waals surface area contributed by atoms with E-state index in [-0.39, 0.29) is 25.7 Å². The van der Waals surface area contributed by atoms with Gasteiger partial charge in [0.1, 0.15) is 19.3 Å². The normalized spacial score (nSPS) is 13.8. The molecule has 0 amide bonds. The average Bonchev–Trinajstić information content (AvgIpc) is 0.940. The summed E-state index contributed by atoms with van der Waals surface area (Å²) in [7, 11) is -9.91. The van der Waals surface area contributed by atoms with Gasteiger partial charge < -0.3 is 33.8 Å². The molecule has 0 radical (unpaired) electrons. The summed E-state index contributed by atoms with van der Waals surface area (Å²) in [6.07, 6.45) is 65.7. The van der Waals surface area contributed by atoms with Crippen molar-refractivity contribution in [3.8, 4) is 0 Å². The Morgan fingerprint density at radius 1 is 0.270 bits per heavy atom. The first-order chi connectivity index (χ1) is 48.5. The molecule has 594 valence electrons. The molecule has 0 aromatic carbocycles. The fraction of sp³-hybridized carbons (Fsp3) is 0.951. The van der Waals surface area contributed by atoms with Crippen molar-refractivity contribution in [1.29, 1.82) is 0 Å². The lowest BCUT2D eigenvalue weighted by Gasteiger charge is -2.21. The van der Waals surface area contributed by atoms with Crippen molar-refractivity contribution in [3.05, 3.63) is 0 Å². The molecule has 0 spiro atoms. The van der Waals surface area contributed by atoms with Gasteiger partial charge in [0, 0.05) is 25.7 Å². The summed E-state index contributed by atoms with van der Waals surface area (Å²) in [6, 6.07) is 0. The van der Waals surface area contributed by atoms with Crippen molar-refractivity contribution in [2.75, 3.05) is 39.6 Å². The van der Waals surface area contributed by atoms with Gasteiger partial charge in [0.25, 0.3) is 0 Å². The SMILES string of the molecule is CCCCCCCCCCCCCCCCCCCCCCCC(=O)OC[C@H](COP(=O)(O)OC[C@@H](O)COP(=O)(O)OC[C@@H](COC(=O)CCCCCCCCCC)OC(=O)CCCCCCCCCC(C)C)OC(=O)CCCCCCCCCCCCCCCCCCCCCCC. The van der Waals surface area contributed by atoms with E-state index in [0.29, 0.717) is 31.6 Å². The molecule has 2 unspecified atom stereocenters. The van der Waals surface area contributed by atoms with Gasteiger partial charge in [-0.1, -0.05) is 381 Å². The molecule has 0 bridgehead atoms. The quantitative estimate of drug-likeness (QED) is 0.0222. The molecule has 5 atom stereocenters. The maximum Gasteiger partial charge on any atom is 0.472 e. The number of esters is 4. The minimum absolute atomic E-state index is 0.104. The lowest BCUT2D eigenvalue weighted by atomic mass is 10.0. The first-order valence-electron chi connectivity index (χ1n) is 42.1. The Balaban J connectivity index is 5.14. The third-order valence-electron chi connectivity index (χ3n) is 19.0. The van der Waals surface area contributed by atoms with E-state index in [1.54, 1.807) is 0 Å². The van der Waals surface area contributed by atoms with Gasteiger partial charge in [-0.15, -0.1) is 0 Å². The largest absolute Gasteiger partial charge is 0.472 e. The Hall–Kier alpha value is -1.94. The Labute approximate surface area is 613 Å². The zero-order valence-electron chi connectivity index (χ0n) is 65.3. The zero-order valence-corrected chi connectivity index (χ0v) is 67.1. The summed E-state index contributed by atoms with van der Waals surface area (Å²) in [5, 5.41) is 10.6. The summed E-state index contributed by atoms with van der Waals surface area (Å²) in [5.41, 5.74) is 0. The van der Waals surface area contributed by atoms with Crippen molar-refractivity contribution in [2.24, 2.45) is 5.92 Å². The van der Waals surface area contributed by atoms with Gasteiger partial charge in [-0.3, -0.25) is 37.3 Å². The average molecular weight is 1470 g/mol. The third-order valence-corrected chi connectivity index (χ3v) is 20.9. The Morgan fingerprint density at radius 2 is 0.460 bits per heavy atom. The molecule has 0 aliphatic rings. The van der Waals surface area contributed by atoms with E-state index in [4.69, 9.17) is 37.0 Å². The number of hydrogen-bond acceptors (Lipinski definition) is 15. The van der Waals surface area contributed by atoms with E-state index in [1.165, 1.54) is 250 Å². The van der Waals surface area contributed by atoms with Crippen molar-refractivity contribution < 1.29 is 80.2 Å². The van der Waals surface area contributed by atoms with Gasteiger partial charge in [0.15, 0.2) is 12.2 Å². The van der Waals surface area contributed by atoms with Gasteiger partial charge in [-0.25, -0.2) is 9.13 Å². The van der Waals surface area contributed by atoms with Crippen LogP contribution in [0.3, 0.4) is 0 Å². The number of carbonyl (C=O) groups excluding carboxylic acids is 4. The van der Waals surface area contributed by atoms with Crippen LogP contribution in [-0.2, 0) is 65.4 Å². The molecule has 19 heteroatoms. The molecular formula is C81H158O17P2. The molecule has 0 aliphatic heterocycles. The molecule has 0 saturated carbocycles. The van der Waals surface area contributed by atoms with Crippen molar-refractivity contribution >= 4 is 39.5 Å². The maximum absolute atomic E-state index is 13.1. The summed E-state index contributed by atoms with van der Waals surface area (Å²) in [5.74, 6) is -1.42. The summed E-state index contributed by atoms with van der Waals surface area (Å²) < 4.78 is 68.5. The molecule has 100 heavy (non-hydrogen) atoms. The Kier molecular flexibility index (Phi) is 72.5. The van der Waals surface area contributed by atoms with E-state index in [0.717, 1.165) is 96.3 Å². The first-order valence-corrected chi connectivity index (χ1v) is 45.1. The second-order valence-electron chi connectivity index (χ2n) is 29.6. The Bertz CT molecular complexity index is 1910. The van der Waals surface area contributed by atoms with Crippen LogP contribution in [0, 0.1) is 5.92 Å². The van der Waals surface area contributed by atoms with Crippen molar-refractivity contribution in [3.63, 3.8) is 0 Å². The van der Waals surface area contributed by atoms with Crippen LogP contribution in [-0.4, -0.2) is 96.7 Å². The fourth-order valence-electron chi connectivity index (χ4n) is 12.6.